The molecule has 1 N–H and O–H groups in total. The van der Waals surface area contributed by atoms with Crippen molar-refractivity contribution in [2.45, 2.75) is 0 Å². The van der Waals surface area contributed by atoms with Crippen molar-refractivity contribution < 1.29 is 9.53 Å². The Balaban J connectivity index is 1.62. The first kappa shape index (κ1) is 17.3. The average molecular weight is 372 g/mol. The Morgan fingerprint density at radius 3 is 2.54 bits per heavy atom. The fourth-order valence-electron chi connectivity index (χ4n) is 2.61. The van der Waals surface area contributed by atoms with E-state index < -0.39 is 0 Å². The van der Waals surface area contributed by atoms with E-state index in [0.29, 0.717) is 34.2 Å². The van der Waals surface area contributed by atoms with Crippen LogP contribution in [-0.4, -0.2) is 38.2 Å². The van der Waals surface area contributed by atoms with Gasteiger partial charge in [0.1, 0.15) is 5.69 Å². The van der Waals surface area contributed by atoms with Crippen LogP contribution in [0.15, 0.2) is 72.9 Å². The molecule has 138 valence electrons. The highest BCUT2D eigenvalue weighted by Crippen LogP contribution is 2.25. The highest BCUT2D eigenvalue weighted by Gasteiger charge is 2.14. The number of amides is 1. The quantitative estimate of drug-likeness (QED) is 0.579. The van der Waals surface area contributed by atoms with Crippen LogP contribution in [0.1, 0.15) is 10.4 Å². The van der Waals surface area contributed by atoms with Gasteiger partial charge in [0.2, 0.25) is 11.7 Å². The smallest absolute Gasteiger partial charge is 0.255 e. The van der Waals surface area contributed by atoms with E-state index in [9.17, 15) is 4.79 Å². The summed E-state index contributed by atoms with van der Waals surface area (Å²) in [6.07, 6.45) is 1.59. The average Bonchev–Trinajstić information content (AvgIpc) is 3.25. The van der Waals surface area contributed by atoms with E-state index in [2.05, 4.69) is 25.7 Å². The standard InChI is InChI=1S/C20H16N6O2/c1-28-18-12-11-15(13-21-18)26-24-19(23-25-26)16-9-5-6-10-17(16)22-20(27)14-7-3-2-4-8-14/h2-13H,1H3,(H,22,27). The number of anilines is 1. The Morgan fingerprint density at radius 1 is 1.00 bits per heavy atom. The number of hydrogen-bond donors (Lipinski definition) is 1. The number of pyridine rings is 1. The third-order valence-electron chi connectivity index (χ3n) is 4.03. The van der Waals surface area contributed by atoms with E-state index in [0.717, 1.165) is 0 Å². The predicted octanol–water partition coefficient (Wildman–Crippen LogP) is 2.99. The zero-order valence-electron chi connectivity index (χ0n) is 15.0. The van der Waals surface area contributed by atoms with Crippen LogP contribution < -0.4 is 10.1 Å². The number of carbonyl (C=O) groups is 1. The van der Waals surface area contributed by atoms with Gasteiger partial charge in [-0.05, 0) is 35.5 Å². The molecule has 2 aromatic heterocycles. The van der Waals surface area contributed by atoms with Crippen molar-refractivity contribution >= 4 is 11.6 Å². The van der Waals surface area contributed by atoms with Gasteiger partial charge in [0.05, 0.1) is 19.0 Å². The SMILES string of the molecule is COc1ccc(-n2nnc(-c3ccccc3NC(=O)c3ccccc3)n2)cn1. The summed E-state index contributed by atoms with van der Waals surface area (Å²) >= 11 is 0. The van der Waals surface area contributed by atoms with Crippen LogP contribution in [0.3, 0.4) is 0 Å². The Hall–Kier alpha value is -4.07. The molecule has 0 unspecified atom stereocenters. The summed E-state index contributed by atoms with van der Waals surface area (Å²) in [5, 5.41) is 15.5. The van der Waals surface area contributed by atoms with Gasteiger partial charge in [-0.1, -0.05) is 30.3 Å². The van der Waals surface area contributed by atoms with E-state index in [1.54, 1.807) is 43.6 Å². The summed E-state index contributed by atoms with van der Waals surface area (Å²) < 4.78 is 5.05. The molecule has 0 aliphatic rings. The molecule has 8 nitrogen and oxygen atoms in total. The normalized spacial score (nSPS) is 10.5. The molecule has 28 heavy (non-hydrogen) atoms. The molecule has 0 aliphatic heterocycles. The van der Waals surface area contributed by atoms with E-state index in [1.165, 1.54) is 4.80 Å². The molecular formula is C20H16N6O2. The number of nitrogens with one attached hydrogen (secondary N) is 1. The van der Waals surface area contributed by atoms with E-state index in [4.69, 9.17) is 4.74 Å². The summed E-state index contributed by atoms with van der Waals surface area (Å²) in [6.45, 7) is 0. The predicted molar refractivity (Wildman–Crippen MR) is 103 cm³/mol. The van der Waals surface area contributed by atoms with Crippen LogP contribution >= 0.6 is 0 Å². The molecule has 0 bridgehead atoms. The van der Waals surface area contributed by atoms with E-state index in [-0.39, 0.29) is 5.91 Å². The molecule has 1 amide bonds. The second-order valence-corrected chi connectivity index (χ2v) is 5.83. The van der Waals surface area contributed by atoms with Gasteiger partial charge in [0, 0.05) is 17.2 Å². The first-order valence-corrected chi connectivity index (χ1v) is 8.51. The number of nitrogens with zero attached hydrogens (tertiary/aromatic N) is 5. The molecular weight excluding hydrogens is 356 g/mol. The molecule has 8 heteroatoms. The van der Waals surface area contributed by atoms with Crippen LogP contribution in [-0.2, 0) is 0 Å². The minimum atomic E-state index is -0.209. The second kappa shape index (κ2) is 7.67. The number of aromatic nitrogens is 5. The molecule has 2 aromatic carbocycles. The lowest BCUT2D eigenvalue weighted by molar-refractivity contribution is 0.102. The van der Waals surface area contributed by atoms with Gasteiger partial charge in [0.15, 0.2) is 0 Å². The molecule has 0 fully saturated rings. The summed E-state index contributed by atoms with van der Waals surface area (Å²) in [4.78, 5) is 18.0. The van der Waals surface area contributed by atoms with E-state index >= 15 is 0 Å². The molecule has 0 saturated heterocycles. The first-order valence-electron chi connectivity index (χ1n) is 8.51. The van der Waals surface area contributed by atoms with Crippen LogP contribution in [0, 0.1) is 0 Å². The van der Waals surface area contributed by atoms with Crippen molar-refractivity contribution in [3.63, 3.8) is 0 Å². The number of para-hydroxylation sites is 1. The first-order chi connectivity index (χ1) is 13.7. The van der Waals surface area contributed by atoms with Crippen molar-refractivity contribution in [2.24, 2.45) is 0 Å². The molecule has 0 saturated carbocycles. The van der Waals surface area contributed by atoms with Gasteiger partial charge in [-0.3, -0.25) is 4.79 Å². The summed E-state index contributed by atoms with van der Waals surface area (Å²) in [5.74, 6) is 0.678. The lowest BCUT2D eigenvalue weighted by Crippen LogP contribution is -2.12. The maximum absolute atomic E-state index is 12.5. The van der Waals surface area contributed by atoms with Crippen molar-refractivity contribution in [3.8, 4) is 23.0 Å². The molecule has 0 spiro atoms. The highest BCUT2D eigenvalue weighted by atomic mass is 16.5. The van der Waals surface area contributed by atoms with Crippen molar-refractivity contribution in [2.75, 3.05) is 12.4 Å². The summed E-state index contributed by atoms with van der Waals surface area (Å²) in [7, 11) is 1.55. The molecule has 0 aliphatic carbocycles. The molecule has 4 aromatic rings. The number of tetrazole rings is 1. The number of carbonyl (C=O) groups excluding carboxylic acids is 1. The van der Waals surface area contributed by atoms with Gasteiger partial charge < -0.3 is 10.1 Å². The maximum Gasteiger partial charge on any atom is 0.255 e. The fourth-order valence-corrected chi connectivity index (χ4v) is 2.61. The molecule has 0 radical (unpaired) electrons. The lowest BCUT2D eigenvalue weighted by Gasteiger charge is -2.08. The molecule has 2 heterocycles. The molecule has 4 rings (SSSR count). The van der Waals surface area contributed by atoms with Gasteiger partial charge in [-0.25, -0.2) is 4.98 Å². The number of rotatable bonds is 5. The van der Waals surface area contributed by atoms with Gasteiger partial charge in [0.25, 0.3) is 5.91 Å². The number of ether oxygens (including phenoxy) is 1. The van der Waals surface area contributed by atoms with Gasteiger partial charge >= 0.3 is 0 Å². The summed E-state index contributed by atoms with van der Waals surface area (Å²) in [6, 6.07) is 19.8. The molecule has 0 atom stereocenters. The zero-order valence-corrected chi connectivity index (χ0v) is 15.0. The zero-order chi connectivity index (χ0) is 19.3. The van der Waals surface area contributed by atoms with Gasteiger partial charge in [-0.15, -0.1) is 15.0 Å². The topological polar surface area (TPSA) is 94.8 Å². The number of benzene rings is 2. The second-order valence-electron chi connectivity index (χ2n) is 5.83. The van der Waals surface area contributed by atoms with Crippen LogP contribution in [0.5, 0.6) is 5.88 Å². The summed E-state index contributed by atoms with van der Waals surface area (Å²) in [5.41, 5.74) is 2.48. The Kier molecular flexibility index (Phi) is 4.75. The number of methoxy groups -OCH3 is 1. The minimum Gasteiger partial charge on any atom is -0.481 e. The Bertz CT molecular complexity index is 1090. The van der Waals surface area contributed by atoms with Crippen molar-refractivity contribution in [1.29, 1.82) is 0 Å². The fraction of sp³-hybridized carbons (Fsp3) is 0.0500. The lowest BCUT2D eigenvalue weighted by atomic mass is 10.1. The third-order valence-corrected chi connectivity index (χ3v) is 4.03. The largest absolute Gasteiger partial charge is 0.481 e. The maximum atomic E-state index is 12.5. The van der Waals surface area contributed by atoms with Crippen molar-refractivity contribution in [3.05, 3.63) is 78.5 Å². The van der Waals surface area contributed by atoms with Gasteiger partial charge in [-0.2, -0.15) is 0 Å². The monoisotopic (exact) mass is 372 g/mol. The Labute approximate surface area is 160 Å². The van der Waals surface area contributed by atoms with Crippen LogP contribution in [0.4, 0.5) is 5.69 Å². The minimum absolute atomic E-state index is 0.209. The third kappa shape index (κ3) is 3.56. The Morgan fingerprint density at radius 2 is 1.79 bits per heavy atom. The highest BCUT2D eigenvalue weighted by molar-refractivity contribution is 6.05. The van der Waals surface area contributed by atoms with Crippen molar-refractivity contribution in [1.82, 2.24) is 25.2 Å². The number of hydrogen-bond acceptors (Lipinski definition) is 6. The van der Waals surface area contributed by atoms with E-state index in [1.807, 2.05) is 36.4 Å². The van der Waals surface area contributed by atoms with Crippen LogP contribution in [0.25, 0.3) is 17.1 Å². The van der Waals surface area contributed by atoms with Crippen LogP contribution in [0.2, 0.25) is 0 Å².